The van der Waals surface area contributed by atoms with Gasteiger partial charge in [0.15, 0.2) is 6.73 Å². The molecule has 2 heterocycles. The smallest absolute Gasteiger partial charge is 0.161 e. The Morgan fingerprint density at radius 1 is 1.00 bits per heavy atom. The molecule has 1 aliphatic rings. The maximum Gasteiger partial charge on any atom is 0.161 e. The monoisotopic (exact) mass is 312 g/mol. The molecule has 0 saturated carbocycles. The van der Waals surface area contributed by atoms with Gasteiger partial charge in [-0.3, -0.25) is 4.57 Å². The van der Waals surface area contributed by atoms with Crippen LogP contribution in [-0.2, 0) is 6.54 Å². The van der Waals surface area contributed by atoms with Gasteiger partial charge in [0.05, 0.1) is 0 Å². The first kappa shape index (κ1) is 13.2. The number of ether oxygens (including phenoxy) is 1. The lowest BCUT2D eigenvalue weighted by atomic mass is 10.1. The fourth-order valence-electron chi connectivity index (χ4n) is 2.56. The van der Waals surface area contributed by atoms with Gasteiger partial charge in [0, 0.05) is 28.5 Å². The summed E-state index contributed by atoms with van der Waals surface area (Å²) >= 11 is 6.07. The second kappa shape index (κ2) is 5.35. The Hall–Kier alpha value is -2.53. The fourth-order valence-corrected chi connectivity index (χ4v) is 2.75. The molecule has 6 heteroatoms. The summed E-state index contributed by atoms with van der Waals surface area (Å²) in [6.07, 6.45) is 3.36. The predicted molar refractivity (Wildman–Crippen MR) is 84.5 cm³/mol. The molecule has 0 amide bonds. The average molecular weight is 313 g/mol. The maximum absolute atomic E-state index is 6.07. The van der Waals surface area contributed by atoms with Gasteiger partial charge in [-0.1, -0.05) is 17.7 Å². The topological polar surface area (TPSA) is 43.2 Å². The van der Waals surface area contributed by atoms with Gasteiger partial charge in [0.25, 0.3) is 0 Å². The molecule has 2 aromatic carbocycles. The largest absolute Gasteiger partial charge is 0.473 e. The van der Waals surface area contributed by atoms with Crippen molar-refractivity contribution < 1.29 is 4.74 Å². The molecule has 0 unspecified atom stereocenters. The summed E-state index contributed by atoms with van der Waals surface area (Å²) in [5, 5.41) is 8.40. The highest BCUT2D eigenvalue weighted by atomic mass is 35.5. The van der Waals surface area contributed by atoms with Crippen LogP contribution in [-0.4, -0.2) is 21.5 Å². The normalized spacial score (nSPS) is 13.6. The third-order valence-corrected chi connectivity index (χ3v) is 3.91. The first-order chi connectivity index (χ1) is 10.8. The van der Waals surface area contributed by atoms with E-state index in [0.29, 0.717) is 6.73 Å². The van der Waals surface area contributed by atoms with Gasteiger partial charge in [-0.15, -0.1) is 10.2 Å². The van der Waals surface area contributed by atoms with Crippen LogP contribution in [0.5, 0.6) is 5.75 Å². The van der Waals surface area contributed by atoms with Crippen molar-refractivity contribution in [3.8, 4) is 11.4 Å². The number of nitrogens with zero attached hydrogens (tertiary/aromatic N) is 4. The summed E-state index contributed by atoms with van der Waals surface area (Å²) in [6.45, 7) is 1.28. The van der Waals surface area contributed by atoms with E-state index >= 15 is 0 Å². The molecule has 110 valence electrons. The van der Waals surface area contributed by atoms with Crippen LogP contribution in [0.15, 0.2) is 55.1 Å². The Morgan fingerprint density at radius 2 is 1.86 bits per heavy atom. The zero-order valence-corrected chi connectivity index (χ0v) is 12.4. The minimum atomic E-state index is 0.513. The highest BCUT2D eigenvalue weighted by Gasteiger charge is 2.18. The summed E-state index contributed by atoms with van der Waals surface area (Å²) in [5.41, 5.74) is 3.19. The zero-order chi connectivity index (χ0) is 14.9. The Morgan fingerprint density at radius 3 is 2.68 bits per heavy atom. The number of anilines is 1. The van der Waals surface area contributed by atoms with E-state index < -0.39 is 0 Å². The molecule has 0 bridgehead atoms. The summed E-state index contributed by atoms with van der Waals surface area (Å²) in [5.74, 6) is 0.912. The van der Waals surface area contributed by atoms with Crippen LogP contribution in [0, 0.1) is 0 Å². The molecule has 4 rings (SSSR count). The summed E-state index contributed by atoms with van der Waals surface area (Å²) in [4.78, 5) is 2.14. The van der Waals surface area contributed by atoms with E-state index in [1.807, 2.05) is 41.0 Å². The summed E-state index contributed by atoms with van der Waals surface area (Å²) in [7, 11) is 0. The summed E-state index contributed by atoms with van der Waals surface area (Å²) in [6, 6.07) is 13.9. The molecule has 1 aromatic heterocycles. The molecular weight excluding hydrogens is 300 g/mol. The van der Waals surface area contributed by atoms with Gasteiger partial charge in [0.1, 0.15) is 18.4 Å². The molecule has 3 aromatic rings. The molecule has 0 N–H and O–H groups in total. The number of hydrogen-bond acceptors (Lipinski definition) is 4. The van der Waals surface area contributed by atoms with E-state index in [-0.39, 0.29) is 0 Å². The van der Waals surface area contributed by atoms with Crippen molar-refractivity contribution >= 4 is 17.3 Å². The van der Waals surface area contributed by atoms with E-state index in [2.05, 4.69) is 21.2 Å². The van der Waals surface area contributed by atoms with Crippen LogP contribution in [0.4, 0.5) is 5.69 Å². The molecule has 0 spiro atoms. The lowest BCUT2D eigenvalue weighted by molar-refractivity contribution is 0.289. The van der Waals surface area contributed by atoms with Crippen molar-refractivity contribution in [2.75, 3.05) is 11.6 Å². The lowest BCUT2D eigenvalue weighted by Gasteiger charge is -2.31. The Labute approximate surface area is 132 Å². The Bertz CT molecular complexity index is 804. The van der Waals surface area contributed by atoms with Crippen molar-refractivity contribution in [3.05, 3.63) is 65.7 Å². The van der Waals surface area contributed by atoms with Crippen LogP contribution in [0.25, 0.3) is 5.69 Å². The summed E-state index contributed by atoms with van der Waals surface area (Å²) < 4.78 is 7.72. The molecule has 5 nitrogen and oxygen atoms in total. The van der Waals surface area contributed by atoms with Crippen LogP contribution >= 0.6 is 11.6 Å². The van der Waals surface area contributed by atoms with Gasteiger partial charge in [-0.05, 0) is 36.4 Å². The highest BCUT2D eigenvalue weighted by Crippen LogP contribution is 2.30. The van der Waals surface area contributed by atoms with E-state index in [9.17, 15) is 0 Å². The second-order valence-corrected chi connectivity index (χ2v) is 5.55. The van der Waals surface area contributed by atoms with E-state index in [1.165, 1.54) is 0 Å². The van der Waals surface area contributed by atoms with Gasteiger partial charge in [-0.2, -0.15) is 0 Å². The van der Waals surface area contributed by atoms with Crippen molar-refractivity contribution in [1.82, 2.24) is 14.8 Å². The van der Waals surface area contributed by atoms with E-state index in [4.69, 9.17) is 16.3 Å². The second-order valence-electron chi connectivity index (χ2n) is 5.11. The van der Waals surface area contributed by atoms with Gasteiger partial charge in [-0.25, -0.2) is 0 Å². The number of rotatable bonds is 2. The minimum Gasteiger partial charge on any atom is -0.473 e. The van der Waals surface area contributed by atoms with Crippen LogP contribution in [0.1, 0.15) is 5.56 Å². The number of hydrogen-bond donors (Lipinski definition) is 0. The average Bonchev–Trinajstić information content (AvgIpc) is 3.08. The third kappa shape index (κ3) is 2.40. The van der Waals surface area contributed by atoms with Crippen molar-refractivity contribution in [1.29, 1.82) is 0 Å². The first-order valence-corrected chi connectivity index (χ1v) is 7.29. The number of fused-ring (bicyclic) bond motifs is 1. The van der Waals surface area contributed by atoms with Gasteiger partial charge >= 0.3 is 0 Å². The van der Waals surface area contributed by atoms with Gasteiger partial charge < -0.3 is 9.64 Å². The highest BCUT2D eigenvalue weighted by molar-refractivity contribution is 6.30. The van der Waals surface area contributed by atoms with E-state index in [0.717, 1.165) is 34.3 Å². The van der Waals surface area contributed by atoms with Crippen molar-refractivity contribution in [2.24, 2.45) is 0 Å². The third-order valence-electron chi connectivity index (χ3n) is 3.67. The standard InChI is InChI=1S/C16H13ClN4O/c17-13-2-1-3-14(7-13)20-8-12-6-15(21-9-18-19-10-21)4-5-16(12)22-11-20/h1-7,9-10H,8,11H2. The van der Waals surface area contributed by atoms with Crippen molar-refractivity contribution in [3.63, 3.8) is 0 Å². The number of aromatic nitrogens is 3. The van der Waals surface area contributed by atoms with Crippen molar-refractivity contribution in [2.45, 2.75) is 6.54 Å². The molecule has 0 saturated heterocycles. The predicted octanol–water partition coefficient (Wildman–Crippen LogP) is 3.28. The molecule has 0 atom stereocenters. The molecule has 1 aliphatic heterocycles. The van der Waals surface area contributed by atoms with Crippen LogP contribution < -0.4 is 9.64 Å². The Kier molecular flexibility index (Phi) is 3.20. The van der Waals surface area contributed by atoms with Crippen LogP contribution in [0.3, 0.4) is 0 Å². The molecule has 0 aliphatic carbocycles. The maximum atomic E-state index is 6.07. The quantitative estimate of drug-likeness (QED) is 0.728. The molecule has 0 radical (unpaired) electrons. The van der Waals surface area contributed by atoms with E-state index in [1.54, 1.807) is 12.7 Å². The molecular formula is C16H13ClN4O. The van der Waals surface area contributed by atoms with Gasteiger partial charge in [0.2, 0.25) is 0 Å². The minimum absolute atomic E-state index is 0.513. The molecule has 22 heavy (non-hydrogen) atoms. The number of halogens is 1. The molecule has 0 fully saturated rings. The zero-order valence-electron chi connectivity index (χ0n) is 11.7. The first-order valence-electron chi connectivity index (χ1n) is 6.91. The Balaban J connectivity index is 1.66. The fraction of sp³-hybridized carbons (Fsp3) is 0.125. The SMILES string of the molecule is Clc1cccc(N2COc3ccc(-n4cnnc4)cc3C2)c1. The van der Waals surface area contributed by atoms with Crippen LogP contribution in [0.2, 0.25) is 5.02 Å². The number of benzene rings is 2. The lowest BCUT2D eigenvalue weighted by Crippen LogP contribution is -2.31.